The molecule has 104 valence electrons. The van der Waals surface area contributed by atoms with Gasteiger partial charge in [-0.2, -0.15) is 0 Å². The van der Waals surface area contributed by atoms with E-state index >= 15 is 0 Å². The van der Waals surface area contributed by atoms with Gasteiger partial charge in [0.05, 0.1) is 0 Å². The van der Waals surface area contributed by atoms with E-state index in [9.17, 15) is 4.79 Å². The summed E-state index contributed by atoms with van der Waals surface area (Å²) in [6.45, 7) is 8.50. The van der Waals surface area contributed by atoms with Crippen LogP contribution in [0.5, 0.6) is 0 Å². The molecule has 1 heterocycles. The van der Waals surface area contributed by atoms with Crippen LogP contribution in [0.4, 0.5) is 0 Å². The predicted octanol–water partition coefficient (Wildman–Crippen LogP) is 4.11. The summed E-state index contributed by atoms with van der Waals surface area (Å²) < 4.78 is 0. The molecule has 2 aromatic rings. The molecule has 0 aliphatic heterocycles. The van der Waals surface area contributed by atoms with Gasteiger partial charge < -0.3 is 0 Å². The molecule has 0 fully saturated rings. The molecule has 0 aliphatic rings. The molecule has 0 amide bonds. The maximum atomic E-state index is 12.3. The van der Waals surface area contributed by atoms with Crippen molar-refractivity contribution >= 4 is 5.78 Å². The van der Waals surface area contributed by atoms with Crippen LogP contribution in [0.15, 0.2) is 42.7 Å². The normalized spacial score (nSPS) is 11.4. The zero-order chi connectivity index (χ0) is 14.8. The van der Waals surface area contributed by atoms with E-state index in [0.29, 0.717) is 12.0 Å². The zero-order valence-electron chi connectivity index (χ0n) is 12.6. The molecule has 0 aliphatic carbocycles. The van der Waals surface area contributed by atoms with E-state index in [1.54, 1.807) is 12.4 Å². The van der Waals surface area contributed by atoms with Gasteiger partial charge in [-0.25, -0.2) is 0 Å². The third-order valence-corrected chi connectivity index (χ3v) is 3.52. The second-order valence-electron chi connectivity index (χ2n) is 6.24. The van der Waals surface area contributed by atoms with Crippen LogP contribution in [0.3, 0.4) is 0 Å². The van der Waals surface area contributed by atoms with Crippen molar-refractivity contribution in [3.63, 3.8) is 0 Å². The Bertz CT molecular complexity index is 606. The minimum atomic E-state index is 0.124. The highest BCUT2D eigenvalue weighted by atomic mass is 16.1. The average Bonchev–Trinajstić information content (AvgIpc) is 2.38. The number of hydrogen-bond acceptors (Lipinski definition) is 2. The number of hydrogen-bond donors (Lipinski definition) is 0. The Balaban J connectivity index is 2.15. The molecule has 1 aromatic heterocycles. The predicted molar refractivity (Wildman–Crippen MR) is 82.2 cm³/mol. The van der Waals surface area contributed by atoms with Gasteiger partial charge in [-0.05, 0) is 35.1 Å². The molecule has 0 N–H and O–H groups in total. The fraction of sp³-hybridized carbons (Fsp3) is 0.333. The van der Waals surface area contributed by atoms with Crippen LogP contribution in [0, 0.1) is 6.92 Å². The van der Waals surface area contributed by atoms with Crippen molar-refractivity contribution in [3.8, 4) is 0 Å². The van der Waals surface area contributed by atoms with Gasteiger partial charge in [0, 0.05) is 24.4 Å². The van der Waals surface area contributed by atoms with Gasteiger partial charge in [0.25, 0.3) is 0 Å². The van der Waals surface area contributed by atoms with Gasteiger partial charge >= 0.3 is 0 Å². The molecule has 0 radical (unpaired) electrons. The molecule has 20 heavy (non-hydrogen) atoms. The van der Waals surface area contributed by atoms with Crippen LogP contribution in [-0.4, -0.2) is 10.8 Å². The number of Topliss-reactive ketones (excluding diaryl/α,β-unsaturated/α-hetero) is 1. The number of carbonyl (C=O) groups is 1. The first-order valence-corrected chi connectivity index (χ1v) is 6.91. The second kappa shape index (κ2) is 5.58. The quantitative estimate of drug-likeness (QED) is 0.783. The SMILES string of the molecule is Cc1ccncc1C(=O)Cc1ccc(C(C)(C)C)cc1. The van der Waals surface area contributed by atoms with Crippen LogP contribution >= 0.6 is 0 Å². The third kappa shape index (κ3) is 3.32. The van der Waals surface area contributed by atoms with E-state index in [0.717, 1.165) is 11.1 Å². The molecular formula is C18H21NO. The maximum absolute atomic E-state index is 12.3. The van der Waals surface area contributed by atoms with Crippen molar-refractivity contribution in [2.45, 2.75) is 39.5 Å². The summed E-state index contributed by atoms with van der Waals surface area (Å²) in [6.07, 6.45) is 3.79. The van der Waals surface area contributed by atoms with Crippen LogP contribution in [0.2, 0.25) is 0 Å². The Hall–Kier alpha value is -1.96. The van der Waals surface area contributed by atoms with Crippen LogP contribution in [0.25, 0.3) is 0 Å². The lowest BCUT2D eigenvalue weighted by Crippen LogP contribution is -2.11. The van der Waals surface area contributed by atoms with Crippen molar-refractivity contribution in [1.82, 2.24) is 4.98 Å². The van der Waals surface area contributed by atoms with E-state index in [2.05, 4.69) is 37.9 Å². The van der Waals surface area contributed by atoms with Crippen LogP contribution in [0.1, 0.15) is 47.8 Å². The summed E-state index contributed by atoms with van der Waals surface area (Å²) in [5, 5.41) is 0. The Kier molecular flexibility index (Phi) is 4.03. The molecule has 2 heteroatoms. The Labute approximate surface area is 120 Å². The number of aromatic nitrogens is 1. The molecule has 0 spiro atoms. The van der Waals surface area contributed by atoms with E-state index in [4.69, 9.17) is 0 Å². The number of pyridine rings is 1. The standard InChI is InChI=1S/C18H21NO/c1-13-9-10-19-12-16(13)17(20)11-14-5-7-15(8-6-14)18(2,3)4/h5-10,12H,11H2,1-4H3. The number of rotatable bonds is 3. The number of benzene rings is 1. The van der Waals surface area contributed by atoms with Crippen molar-refractivity contribution < 1.29 is 4.79 Å². The van der Waals surface area contributed by atoms with E-state index < -0.39 is 0 Å². The third-order valence-electron chi connectivity index (χ3n) is 3.52. The Morgan fingerprint density at radius 1 is 1.10 bits per heavy atom. The summed E-state index contributed by atoms with van der Waals surface area (Å²) in [4.78, 5) is 16.3. The van der Waals surface area contributed by atoms with E-state index in [1.807, 2.05) is 25.1 Å². The summed E-state index contributed by atoms with van der Waals surface area (Å²) in [5.74, 6) is 0.124. The van der Waals surface area contributed by atoms with Gasteiger partial charge in [0.1, 0.15) is 0 Å². The summed E-state index contributed by atoms with van der Waals surface area (Å²) in [6, 6.07) is 10.2. The van der Waals surface area contributed by atoms with Crippen LogP contribution in [-0.2, 0) is 11.8 Å². The fourth-order valence-corrected chi connectivity index (χ4v) is 2.16. The molecular weight excluding hydrogens is 246 g/mol. The Morgan fingerprint density at radius 3 is 2.30 bits per heavy atom. The smallest absolute Gasteiger partial charge is 0.169 e. The molecule has 0 unspecified atom stereocenters. The minimum Gasteiger partial charge on any atom is -0.294 e. The van der Waals surface area contributed by atoms with Gasteiger partial charge in [0.15, 0.2) is 5.78 Å². The number of aryl methyl sites for hydroxylation is 1. The first-order valence-electron chi connectivity index (χ1n) is 6.91. The topological polar surface area (TPSA) is 30.0 Å². The highest BCUT2D eigenvalue weighted by Crippen LogP contribution is 2.22. The molecule has 2 nitrogen and oxygen atoms in total. The van der Waals surface area contributed by atoms with Crippen LogP contribution < -0.4 is 0 Å². The van der Waals surface area contributed by atoms with Crippen molar-refractivity contribution in [3.05, 3.63) is 65.0 Å². The number of ketones is 1. The minimum absolute atomic E-state index is 0.124. The first kappa shape index (κ1) is 14.4. The molecule has 0 atom stereocenters. The summed E-state index contributed by atoms with van der Waals surface area (Å²) in [7, 11) is 0. The molecule has 2 rings (SSSR count). The second-order valence-corrected chi connectivity index (χ2v) is 6.24. The van der Waals surface area contributed by atoms with Gasteiger partial charge in [0.2, 0.25) is 0 Å². The summed E-state index contributed by atoms with van der Waals surface area (Å²) >= 11 is 0. The molecule has 1 aromatic carbocycles. The zero-order valence-corrected chi connectivity index (χ0v) is 12.6. The van der Waals surface area contributed by atoms with Crippen molar-refractivity contribution in [1.29, 1.82) is 0 Å². The fourth-order valence-electron chi connectivity index (χ4n) is 2.16. The van der Waals surface area contributed by atoms with Gasteiger partial charge in [-0.1, -0.05) is 45.0 Å². The summed E-state index contributed by atoms with van der Waals surface area (Å²) in [5.41, 5.74) is 4.17. The number of nitrogens with zero attached hydrogens (tertiary/aromatic N) is 1. The number of carbonyl (C=O) groups excluding carboxylic acids is 1. The van der Waals surface area contributed by atoms with Gasteiger partial charge in [-0.15, -0.1) is 0 Å². The first-order chi connectivity index (χ1) is 9.38. The highest BCUT2D eigenvalue weighted by Gasteiger charge is 2.14. The lowest BCUT2D eigenvalue weighted by atomic mass is 9.86. The van der Waals surface area contributed by atoms with Gasteiger partial charge in [-0.3, -0.25) is 9.78 Å². The van der Waals surface area contributed by atoms with E-state index in [-0.39, 0.29) is 11.2 Å². The Morgan fingerprint density at radius 2 is 1.75 bits per heavy atom. The molecule has 0 bridgehead atoms. The van der Waals surface area contributed by atoms with Crippen molar-refractivity contribution in [2.24, 2.45) is 0 Å². The molecule has 0 saturated carbocycles. The lowest BCUT2D eigenvalue weighted by Gasteiger charge is -2.19. The monoisotopic (exact) mass is 267 g/mol. The highest BCUT2D eigenvalue weighted by molar-refractivity contribution is 5.98. The lowest BCUT2D eigenvalue weighted by molar-refractivity contribution is 0.0992. The van der Waals surface area contributed by atoms with Crippen molar-refractivity contribution in [2.75, 3.05) is 0 Å². The molecule has 0 saturated heterocycles. The van der Waals surface area contributed by atoms with E-state index in [1.165, 1.54) is 5.56 Å². The largest absolute Gasteiger partial charge is 0.294 e. The average molecular weight is 267 g/mol. The maximum Gasteiger partial charge on any atom is 0.169 e.